The highest BCUT2D eigenvalue weighted by Crippen LogP contribution is 2.30. The summed E-state index contributed by atoms with van der Waals surface area (Å²) < 4.78 is 1.59. The van der Waals surface area contributed by atoms with Crippen LogP contribution >= 0.6 is 0 Å². The fourth-order valence-corrected chi connectivity index (χ4v) is 2.91. The van der Waals surface area contributed by atoms with Crippen LogP contribution < -0.4 is 5.32 Å². The lowest BCUT2D eigenvalue weighted by Crippen LogP contribution is -2.31. The third kappa shape index (κ3) is 2.91. The molecule has 0 aliphatic carbocycles. The van der Waals surface area contributed by atoms with E-state index in [-0.39, 0.29) is 5.91 Å². The maximum atomic E-state index is 12.4. The van der Waals surface area contributed by atoms with Crippen LogP contribution in [-0.2, 0) is 0 Å². The van der Waals surface area contributed by atoms with Gasteiger partial charge in [0.05, 0.1) is 11.7 Å². The molecule has 8 nitrogen and oxygen atoms in total. The Morgan fingerprint density at radius 2 is 2.12 bits per heavy atom. The molecule has 0 bridgehead atoms. The van der Waals surface area contributed by atoms with E-state index in [2.05, 4.69) is 25.5 Å². The molecule has 0 saturated heterocycles. The minimum atomic E-state index is -0.141. The minimum Gasteiger partial charge on any atom is -0.349 e. The van der Waals surface area contributed by atoms with Crippen LogP contribution in [0.4, 0.5) is 0 Å². The van der Waals surface area contributed by atoms with Gasteiger partial charge in [-0.05, 0) is 43.9 Å². The standard InChI is InChI=1S/C18H19N7O/c1-24(2)9-8-20-18(26)15-10-13-12(5-7-19-17(13)23-15)14-11-22-25-16(14)4-3-6-21-25/h3-7,10-11H,8-9H2,1-2H3,(H,19,23)(H,20,26). The average Bonchev–Trinajstić information content (AvgIpc) is 3.25. The smallest absolute Gasteiger partial charge is 0.267 e. The number of pyridine rings is 1. The summed E-state index contributed by atoms with van der Waals surface area (Å²) in [6, 6.07) is 7.60. The molecule has 1 amide bonds. The van der Waals surface area contributed by atoms with Gasteiger partial charge in [0.15, 0.2) is 0 Å². The van der Waals surface area contributed by atoms with Gasteiger partial charge in [0.25, 0.3) is 5.91 Å². The molecule has 0 fully saturated rings. The first-order valence-corrected chi connectivity index (χ1v) is 8.33. The van der Waals surface area contributed by atoms with Crippen molar-refractivity contribution in [1.29, 1.82) is 0 Å². The van der Waals surface area contributed by atoms with Crippen molar-refractivity contribution in [3.8, 4) is 11.1 Å². The maximum absolute atomic E-state index is 12.4. The fourth-order valence-electron chi connectivity index (χ4n) is 2.91. The molecule has 4 rings (SSSR count). The number of amides is 1. The van der Waals surface area contributed by atoms with Crippen molar-refractivity contribution in [3.63, 3.8) is 0 Å². The van der Waals surface area contributed by atoms with Crippen LogP contribution in [0.25, 0.3) is 27.7 Å². The lowest BCUT2D eigenvalue weighted by Gasteiger charge is -2.09. The number of nitrogens with zero attached hydrogens (tertiary/aromatic N) is 5. The summed E-state index contributed by atoms with van der Waals surface area (Å²) in [6.07, 6.45) is 5.20. The molecule has 26 heavy (non-hydrogen) atoms. The molecule has 0 radical (unpaired) electrons. The molecule has 132 valence electrons. The van der Waals surface area contributed by atoms with Gasteiger partial charge in [0.1, 0.15) is 11.3 Å². The number of aromatic nitrogens is 5. The van der Waals surface area contributed by atoms with Gasteiger partial charge in [-0.2, -0.15) is 14.8 Å². The van der Waals surface area contributed by atoms with Gasteiger partial charge in [-0.15, -0.1) is 0 Å². The Hall–Kier alpha value is -3.26. The molecule has 4 aromatic rings. The number of hydrogen-bond donors (Lipinski definition) is 2. The molecule has 2 N–H and O–H groups in total. The predicted octanol–water partition coefficient (Wildman–Crippen LogP) is 1.56. The molecule has 8 heteroatoms. The lowest BCUT2D eigenvalue weighted by atomic mass is 10.1. The van der Waals surface area contributed by atoms with Crippen LogP contribution in [0.15, 0.2) is 42.9 Å². The Labute approximate surface area is 149 Å². The van der Waals surface area contributed by atoms with E-state index in [1.165, 1.54) is 0 Å². The van der Waals surface area contributed by atoms with Crippen LogP contribution in [-0.4, -0.2) is 62.8 Å². The van der Waals surface area contributed by atoms with Gasteiger partial charge in [-0.1, -0.05) is 0 Å². The SMILES string of the molecule is CN(C)CCNC(=O)c1cc2c(-c3cnn4ncccc34)ccnc2[nH]1. The quantitative estimate of drug-likeness (QED) is 0.571. The number of hydrogen-bond acceptors (Lipinski definition) is 5. The van der Waals surface area contributed by atoms with Crippen molar-refractivity contribution in [2.75, 3.05) is 27.2 Å². The molecule has 4 heterocycles. The Morgan fingerprint density at radius 1 is 1.23 bits per heavy atom. The van der Waals surface area contributed by atoms with E-state index in [4.69, 9.17) is 0 Å². The number of carbonyl (C=O) groups excluding carboxylic acids is 1. The first kappa shape index (κ1) is 16.2. The zero-order valence-electron chi connectivity index (χ0n) is 14.6. The van der Waals surface area contributed by atoms with E-state index in [0.29, 0.717) is 17.9 Å². The molecule has 0 aliphatic heterocycles. The summed E-state index contributed by atoms with van der Waals surface area (Å²) in [7, 11) is 3.94. The summed E-state index contributed by atoms with van der Waals surface area (Å²) >= 11 is 0. The first-order valence-electron chi connectivity index (χ1n) is 8.33. The van der Waals surface area contributed by atoms with Crippen molar-refractivity contribution in [2.45, 2.75) is 0 Å². The second kappa shape index (κ2) is 6.57. The zero-order chi connectivity index (χ0) is 18.1. The monoisotopic (exact) mass is 349 g/mol. The van der Waals surface area contributed by atoms with Gasteiger partial charge in [0.2, 0.25) is 0 Å². The number of H-pyrrole nitrogens is 1. The Morgan fingerprint density at radius 3 is 2.96 bits per heavy atom. The van der Waals surface area contributed by atoms with Crippen molar-refractivity contribution in [1.82, 2.24) is 35.0 Å². The number of likely N-dealkylation sites (N-methyl/N-ethyl adjacent to an activating group) is 1. The number of fused-ring (bicyclic) bond motifs is 2. The molecular formula is C18H19N7O. The molecule has 0 saturated carbocycles. The van der Waals surface area contributed by atoms with E-state index in [1.54, 1.807) is 23.2 Å². The van der Waals surface area contributed by atoms with E-state index >= 15 is 0 Å². The van der Waals surface area contributed by atoms with Crippen molar-refractivity contribution >= 4 is 22.5 Å². The Bertz CT molecular complexity index is 1080. The normalized spacial score (nSPS) is 11.5. The average molecular weight is 349 g/mol. The van der Waals surface area contributed by atoms with Gasteiger partial charge in [0, 0.05) is 36.4 Å². The van der Waals surface area contributed by atoms with Crippen molar-refractivity contribution in [2.24, 2.45) is 0 Å². The van der Waals surface area contributed by atoms with Crippen LogP contribution in [0.2, 0.25) is 0 Å². The maximum Gasteiger partial charge on any atom is 0.267 e. The molecule has 0 unspecified atom stereocenters. The second-order valence-corrected chi connectivity index (χ2v) is 6.32. The van der Waals surface area contributed by atoms with E-state index in [0.717, 1.165) is 28.6 Å². The van der Waals surface area contributed by atoms with Gasteiger partial charge >= 0.3 is 0 Å². The lowest BCUT2D eigenvalue weighted by molar-refractivity contribution is 0.0947. The van der Waals surface area contributed by atoms with Gasteiger partial charge in [-0.25, -0.2) is 4.98 Å². The van der Waals surface area contributed by atoms with Crippen molar-refractivity contribution in [3.05, 3.63) is 48.5 Å². The van der Waals surface area contributed by atoms with Crippen LogP contribution in [0.3, 0.4) is 0 Å². The number of rotatable bonds is 5. The number of carbonyl (C=O) groups is 1. The Kier molecular flexibility index (Phi) is 4.10. The molecule has 0 atom stereocenters. The van der Waals surface area contributed by atoms with Gasteiger partial charge in [-0.3, -0.25) is 4.79 Å². The first-order chi connectivity index (χ1) is 12.6. The highest BCUT2D eigenvalue weighted by Gasteiger charge is 2.15. The fraction of sp³-hybridized carbons (Fsp3) is 0.222. The third-order valence-electron chi connectivity index (χ3n) is 4.22. The number of aromatic amines is 1. The molecule has 0 aliphatic rings. The topological polar surface area (TPSA) is 91.2 Å². The summed E-state index contributed by atoms with van der Waals surface area (Å²) in [5, 5.41) is 12.3. The highest BCUT2D eigenvalue weighted by molar-refractivity contribution is 6.03. The zero-order valence-corrected chi connectivity index (χ0v) is 14.6. The predicted molar refractivity (Wildman–Crippen MR) is 99.0 cm³/mol. The Balaban J connectivity index is 1.71. The van der Waals surface area contributed by atoms with E-state index in [9.17, 15) is 4.79 Å². The van der Waals surface area contributed by atoms with Gasteiger partial charge < -0.3 is 15.2 Å². The molecular weight excluding hydrogens is 330 g/mol. The molecule has 4 aromatic heterocycles. The minimum absolute atomic E-state index is 0.141. The van der Waals surface area contributed by atoms with Crippen LogP contribution in [0, 0.1) is 0 Å². The summed E-state index contributed by atoms with van der Waals surface area (Å²) in [6.45, 7) is 1.37. The van der Waals surface area contributed by atoms with Crippen LogP contribution in [0.1, 0.15) is 10.5 Å². The van der Waals surface area contributed by atoms with Crippen molar-refractivity contribution < 1.29 is 4.79 Å². The summed E-state index contributed by atoms with van der Waals surface area (Å²) in [4.78, 5) is 21.9. The van der Waals surface area contributed by atoms with Crippen LogP contribution in [0.5, 0.6) is 0 Å². The van der Waals surface area contributed by atoms with E-state index in [1.807, 2.05) is 43.3 Å². The largest absolute Gasteiger partial charge is 0.349 e. The highest BCUT2D eigenvalue weighted by atomic mass is 16.1. The summed E-state index contributed by atoms with van der Waals surface area (Å²) in [5.74, 6) is -0.141. The number of nitrogens with one attached hydrogen (secondary N) is 2. The second-order valence-electron chi connectivity index (χ2n) is 6.32. The van der Waals surface area contributed by atoms with E-state index < -0.39 is 0 Å². The molecule has 0 aromatic carbocycles. The summed E-state index contributed by atoms with van der Waals surface area (Å²) in [5.41, 5.74) is 3.97. The third-order valence-corrected chi connectivity index (χ3v) is 4.22. The molecule has 0 spiro atoms.